The molecule has 2 saturated heterocycles. The SMILES string of the molecule is CC(=O)O[C@H]1[C@H](OC[C@H]2O[C@@H](Oc3c(-c4ccc(O)c(O)c4)oc4cc(O)cc(O)c4c3=O)[C@H](O)[C@@H](O)[C@H]2O)O[C@H](CO)[C@@H](O)[C@@H]1O. The summed E-state index contributed by atoms with van der Waals surface area (Å²) >= 11 is 0. The second kappa shape index (κ2) is 13.5. The standard InChI is InChI=1S/C29H32O18/c1-9(31)43-27-23(40)19(36)16(7-30)45-29(27)42-8-17-20(37)22(39)24(41)28(46-17)47-26-21(38)18-14(35)5-11(32)6-15(18)44-25(26)10-2-3-12(33)13(34)4-10/h2-6,16-17,19-20,22-24,27-30,32-37,39-41H,7-8H2,1H3/t16-,17-,19-,20+,22+,23+,24-,27-,28+,29-/m1/s1. The molecule has 2 aliphatic heterocycles. The number of phenols is 4. The molecule has 0 amide bonds. The maximum absolute atomic E-state index is 13.7. The largest absolute Gasteiger partial charge is 0.508 e. The van der Waals surface area contributed by atoms with Gasteiger partial charge < -0.3 is 79.2 Å². The number of aromatic hydroxyl groups is 4. The Morgan fingerprint density at radius 2 is 1.49 bits per heavy atom. The Labute approximate surface area is 263 Å². The van der Waals surface area contributed by atoms with E-state index in [4.69, 9.17) is 28.1 Å². The molecule has 1 aromatic heterocycles. The van der Waals surface area contributed by atoms with Gasteiger partial charge in [-0.1, -0.05) is 0 Å². The van der Waals surface area contributed by atoms with Gasteiger partial charge in [-0.15, -0.1) is 0 Å². The molecule has 10 N–H and O–H groups in total. The van der Waals surface area contributed by atoms with Crippen LogP contribution in [0.15, 0.2) is 39.5 Å². The van der Waals surface area contributed by atoms with Crippen molar-refractivity contribution in [1.82, 2.24) is 0 Å². The molecule has 3 aromatic rings. The molecular weight excluding hydrogens is 636 g/mol. The average Bonchev–Trinajstić information content (AvgIpc) is 3.01. The van der Waals surface area contributed by atoms with Gasteiger partial charge in [0.25, 0.3) is 0 Å². The first kappa shape index (κ1) is 34.1. The lowest BCUT2D eigenvalue weighted by atomic mass is 9.98. The van der Waals surface area contributed by atoms with Crippen LogP contribution in [-0.4, -0.2) is 132 Å². The number of carbonyl (C=O) groups is 1. The summed E-state index contributed by atoms with van der Waals surface area (Å²) in [7, 11) is 0. The number of phenolic OH excluding ortho intramolecular Hbond substituents is 4. The third-order valence-corrected chi connectivity index (χ3v) is 7.61. The van der Waals surface area contributed by atoms with Gasteiger partial charge in [-0.05, 0) is 18.2 Å². The third-order valence-electron chi connectivity index (χ3n) is 7.61. The summed E-state index contributed by atoms with van der Waals surface area (Å²) in [6.45, 7) is -0.459. The van der Waals surface area contributed by atoms with E-state index in [9.17, 15) is 60.7 Å². The van der Waals surface area contributed by atoms with Crippen molar-refractivity contribution >= 4 is 16.9 Å². The van der Waals surface area contributed by atoms with Gasteiger partial charge in [0, 0.05) is 24.6 Å². The van der Waals surface area contributed by atoms with Gasteiger partial charge in [-0.2, -0.15) is 0 Å². The number of esters is 1. The Kier molecular flexibility index (Phi) is 9.78. The minimum atomic E-state index is -2.03. The number of ether oxygens (including phenoxy) is 5. The Morgan fingerprint density at radius 1 is 0.809 bits per heavy atom. The van der Waals surface area contributed by atoms with Crippen LogP contribution in [0.25, 0.3) is 22.3 Å². The highest BCUT2D eigenvalue weighted by atomic mass is 16.7. The van der Waals surface area contributed by atoms with Crippen LogP contribution in [0.5, 0.6) is 28.7 Å². The van der Waals surface area contributed by atoms with E-state index >= 15 is 0 Å². The van der Waals surface area contributed by atoms with E-state index in [1.807, 2.05) is 0 Å². The van der Waals surface area contributed by atoms with Gasteiger partial charge in [-0.3, -0.25) is 9.59 Å². The normalized spacial score (nSPS) is 31.0. The molecule has 18 nitrogen and oxygen atoms in total. The first-order chi connectivity index (χ1) is 22.2. The molecule has 0 spiro atoms. The lowest BCUT2D eigenvalue weighted by Crippen LogP contribution is -2.62. The predicted molar refractivity (Wildman–Crippen MR) is 151 cm³/mol. The topological polar surface area (TPSA) is 296 Å². The van der Waals surface area contributed by atoms with Crippen molar-refractivity contribution in [3.8, 4) is 40.1 Å². The molecule has 0 radical (unpaired) electrons. The Hall–Kier alpha value is -4.24. The first-order valence-corrected chi connectivity index (χ1v) is 14.0. The highest BCUT2D eigenvalue weighted by molar-refractivity contribution is 5.88. The Bertz CT molecular complexity index is 1670. The summed E-state index contributed by atoms with van der Waals surface area (Å²) in [6, 6.07) is 5.14. The number of carbonyl (C=O) groups excluding carboxylic acids is 1. The lowest BCUT2D eigenvalue weighted by Gasteiger charge is -2.43. The van der Waals surface area contributed by atoms with Crippen LogP contribution in [0.2, 0.25) is 0 Å². The fourth-order valence-corrected chi connectivity index (χ4v) is 5.19. The molecule has 0 unspecified atom stereocenters. The number of hydrogen-bond donors (Lipinski definition) is 10. The van der Waals surface area contributed by atoms with Crippen molar-refractivity contribution in [3.63, 3.8) is 0 Å². The van der Waals surface area contributed by atoms with Crippen LogP contribution in [0.3, 0.4) is 0 Å². The minimum Gasteiger partial charge on any atom is -0.508 e. The number of fused-ring (bicyclic) bond motifs is 1. The maximum atomic E-state index is 13.7. The summed E-state index contributed by atoms with van der Waals surface area (Å²) in [5.41, 5.74) is -1.44. The van der Waals surface area contributed by atoms with E-state index in [2.05, 4.69) is 0 Å². The zero-order valence-corrected chi connectivity index (χ0v) is 24.3. The summed E-state index contributed by atoms with van der Waals surface area (Å²) in [5.74, 6) is -4.38. The number of aliphatic hydroxyl groups is 6. The van der Waals surface area contributed by atoms with Gasteiger partial charge in [0.2, 0.25) is 17.5 Å². The molecule has 2 aliphatic rings. The molecule has 10 atom stereocenters. The number of benzene rings is 2. The van der Waals surface area contributed by atoms with Crippen LogP contribution in [0.4, 0.5) is 0 Å². The molecule has 0 saturated carbocycles. The van der Waals surface area contributed by atoms with E-state index in [-0.39, 0.29) is 11.1 Å². The molecule has 3 heterocycles. The van der Waals surface area contributed by atoms with E-state index < -0.39 is 126 Å². The second-order valence-electron chi connectivity index (χ2n) is 10.9. The van der Waals surface area contributed by atoms with E-state index in [0.717, 1.165) is 31.2 Å². The maximum Gasteiger partial charge on any atom is 0.303 e. The summed E-state index contributed by atoms with van der Waals surface area (Å²) in [5, 5.41) is 102. The number of hydrogen-bond acceptors (Lipinski definition) is 18. The van der Waals surface area contributed by atoms with E-state index in [1.54, 1.807) is 0 Å². The van der Waals surface area contributed by atoms with Gasteiger partial charge in [0.05, 0.1) is 13.2 Å². The van der Waals surface area contributed by atoms with Crippen molar-refractivity contribution in [1.29, 1.82) is 0 Å². The van der Waals surface area contributed by atoms with Crippen LogP contribution >= 0.6 is 0 Å². The van der Waals surface area contributed by atoms with Gasteiger partial charge >= 0.3 is 5.97 Å². The quantitative estimate of drug-likeness (QED) is 0.0904. The zero-order chi connectivity index (χ0) is 34.3. The van der Waals surface area contributed by atoms with Crippen molar-refractivity contribution in [2.45, 2.75) is 68.3 Å². The van der Waals surface area contributed by atoms with Crippen molar-refractivity contribution < 1.29 is 84.0 Å². The Morgan fingerprint density at radius 3 is 2.15 bits per heavy atom. The van der Waals surface area contributed by atoms with Gasteiger partial charge in [0.1, 0.15) is 65.2 Å². The van der Waals surface area contributed by atoms with Gasteiger partial charge in [-0.25, -0.2) is 0 Å². The summed E-state index contributed by atoms with van der Waals surface area (Å²) in [6.07, 6.45) is -17.4. The van der Waals surface area contributed by atoms with Crippen LogP contribution < -0.4 is 10.2 Å². The second-order valence-corrected chi connectivity index (χ2v) is 10.9. The molecule has 0 aliphatic carbocycles. The summed E-state index contributed by atoms with van der Waals surface area (Å²) < 4.78 is 33.1. The van der Waals surface area contributed by atoms with Crippen molar-refractivity contribution in [3.05, 3.63) is 40.6 Å². The fourth-order valence-electron chi connectivity index (χ4n) is 5.19. The van der Waals surface area contributed by atoms with Gasteiger partial charge in [0.15, 0.2) is 29.7 Å². The monoisotopic (exact) mass is 668 g/mol. The van der Waals surface area contributed by atoms with E-state index in [1.165, 1.54) is 6.07 Å². The van der Waals surface area contributed by atoms with Crippen molar-refractivity contribution in [2.75, 3.05) is 13.2 Å². The highest BCUT2D eigenvalue weighted by Gasteiger charge is 2.49. The first-order valence-electron chi connectivity index (χ1n) is 14.0. The van der Waals surface area contributed by atoms with Crippen LogP contribution in [-0.2, 0) is 23.7 Å². The van der Waals surface area contributed by atoms with Crippen molar-refractivity contribution in [2.24, 2.45) is 0 Å². The minimum absolute atomic E-state index is 0.0620. The molecular formula is C29H32O18. The predicted octanol–water partition coefficient (Wildman–Crippen LogP) is -2.14. The Balaban J connectivity index is 1.47. The molecule has 2 aromatic carbocycles. The molecule has 0 bridgehead atoms. The molecule has 2 fully saturated rings. The highest BCUT2D eigenvalue weighted by Crippen LogP contribution is 2.39. The summed E-state index contributed by atoms with van der Waals surface area (Å²) in [4.78, 5) is 25.3. The molecule has 256 valence electrons. The zero-order valence-electron chi connectivity index (χ0n) is 24.3. The number of aliphatic hydroxyl groups excluding tert-OH is 6. The average molecular weight is 669 g/mol. The third kappa shape index (κ3) is 6.63. The smallest absolute Gasteiger partial charge is 0.303 e. The number of rotatable bonds is 8. The lowest BCUT2D eigenvalue weighted by molar-refractivity contribution is -0.324. The van der Waals surface area contributed by atoms with Crippen LogP contribution in [0.1, 0.15) is 6.92 Å². The molecule has 5 rings (SSSR count). The van der Waals surface area contributed by atoms with Crippen LogP contribution in [0, 0.1) is 0 Å². The fraction of sp³-hybridized carbons (Fsp3) is 0.448. The van der Waals surface area contributed by atoms with E-state index in [0.29, 0.717) is 0 Å². The molecule has 18 heteroatoms. The molecule has 47 heavy (non-hydrogen) atoms.